The number of hydrogen-bond donors (Lipinski definition) is 1. The lowest BCUT2D eigenvalue weighted by molar-refractivity contribution is 0.452. The van der Waals surface area contributed by atoms with E-state index < -0.39 is 11.4 Å². The average Bonchev–Trinajstić information content (AvgIpc) is 2.19. The monoisotopic (exact) mass is 189 g/mol. The van der Waals surface area contributed by atoms with Crippen LogP contribution in [0.15, 0.2) is 50.5 Å². The highest BCUT2D eigenvalue weighted by Crippen LogP contribution is 2.11. The summed E-state index contributed by atoms with van der Waals surface area (Å²) in [6, 6.07) is 8.99. The SMILES string of the molecule is O=c1[nH]cc(-c2ccccc2)c(=O)o1. The van der Waals surface area contributed by atoms with Gasteiger partial charge in [-0.15, -0.1) is 0 Å². The van der Waals surface area contributed by atoms with Crippen LogP contribution in [0.4, 0.5) is 0 Å². The fourth-order valence-corrected chi connectivity index (χ4v) is 1.18. The summed E-state index contributed by atoms with van der Waals surface area (Å²) >= 11 is 0. The predicted octanol–water partition coefficient (Wildman–Crippen LogP) is 0.995. The van der Waals surface area contributed by atoms with Crippen LogP contribution in [0.1, 0.15) is 0 Å². The number of benzene rings is 1. The minimum Gasteiger partial charge on any atom is -0.372 e. The third-order valence-electron chi connectivity index (χ3n) is 1.82. The fourth-order valence-electron chi connectivity index (χ4n) is 1.18. The second-order valence-corrected chi connectivity index (χ2v) is 2.75. The number of H-pyrrole nitrogens is 1. The molecule has 0 saturated heterocycles. The molecular formula is C10H7NO3. The van der Waals surface area contributed by atoms with Crippen LogP contribution < -0.4 is 11.4 Å². The van der Waals surface area contributed by atoms with Gasteiger partial charge in [-0.1, -0.05) is 30.3 Å². The summed E-state index contributed by atoms with van der Waals surface area (Å²) in [5.41, 5.74) is 0.447. The van der Waals surface area contributed by atoms with Gasteiger partial charge in [0.15, 0.2) is 0 Å². The van der Waals surface area contributed by atoms with E-state index in [4.69, 9.17) is 0 Å². The Bertz CT molecular complexity index is 539. The van der Waals surface area contributed by atoms with Crippen molar-refractivity contribution in [1.29, 1.82) is 0 Å². The van der Waals surface area contributed by atoms with Crippen molar-refractivity contribution in [3.63, 3.8) is 0 Å². The molecule has 0 saturated carbocycles. The van der Waals surface area contributed by atoms with Gasteiger partial charge < -0.3 is 4.42 Å². The predicted molar refractivity (Wildman–Crippen MR) is 51.0 cm³/mol. The number of rotatable bonds is 1. The summed E-state index contributed by atoms with van der Waals surface area (Å²) in [6.45, 7) is 0. The van der Waals surface area contributed by atoms with Gasteiger partial charge in [0.25, 0.3) is 0 Å². The molecule has 0 bridgehead atoms. The van der Waals surface area contributed by atoms with Gasteiger partial charge in [0, 0.05) is 6.20 Å². The summed E-state index contributed by atoms with van der Waals surface area (Å²) in [6.07, 6.45) is 1.35. The lowest BCUT2D eigenvalue weighted by Gasteiger charge is -1.96. The van der Waals surface area contributed by atoms with E-state index in [0.29, 0.717) is 5.56 Å². The molecule has 0 atom stereocenters. The van der Waals surface area contributed by atoms with Crippen LogP contribution in [0.25, 0.3) is 11.1 Å². The molecular weight excluding hydrogens is 182 g/mol. The molecule has 1 heterocycles. The van der Waals surface area contributed by atoms with E-state index >= 15 is 0 Å². The van der Waals surface area contributed by atoms with Gasteiger partial charge in [0.1, 0.15) is 0 Å². The fraction of sp³-hybridized carbons (Fsp3) is 0. The Balaban J connectivity index is 2.64. The smallest absolute Gasteiger partial charge is 0.372 e. The van der Waals surface area contributed by atoms with E-state index in [9.17, 15) is 9.59 Å². The molecule has 1 aromatic carbocycles. The Kier molecular flexibility index (Phi) is 2.02. The Labute approximate surface area is 78.8 Å². The van der Waals surface area contributed by atoms with E-state index in [2.05, 4.69) is 9.40 Å². The first-order valence-corrected chi connectivity index (χ1v) is 4.05. The highest BCUT2D eigenvalue weighted by atomic mass is 16.4. The van der Waals surface area contributed by atoms with Crippen LogP contribution >= 0.6 is 0 Å². The van der Waals surface area contributed by atoms with Crippen molar-refractivity contribution >= 4 is 0 Å². The normalized spacial score (nSPS) is 10.0. The van der Waals surface area contributed by atoms with Crippen molar-refractivity contribution in [3.05, 3.63) is 57.5 Å². The Hall–Kier alpha value is -2.10. The first kappa shape index (κ1) is 8.50. The zero-order valence-electron chi connectivity index (χ0n) is 7.19. The third kappa shape index (κ3) is 1.50. The topological polar surface area (TPSA) is 63.1 Å². The molecule has 0 unspecified atom stereocenters. The molecule has 0 aliphatic heterocycles. The second-order valence-electron chi connectivity index (χ2n) is 2.75. The molecule has 0 fully saturated rings. The van der Waals surface area contributed by atoms with Crippen molar-refractivity contribution < 1.29 is 4.42 Å². The summed E-state index contributed by atoms with van der Waals surface area (Å²) in [4.78, 5) is 24.2. The van der Waals surface area contributed by atoms with Gasteiger partial charge in [-0.2, -0.15) is 0 Å². The van der Waals surface area contributed by atoms with Crippen LogP contribution in [0, 0.1) is 0 Å². The molecule has 4 heteroatoms. The number of aromatic amines is 1. The zero-order chi connectivity index (χ0) is 9.97. The van der Waals surface area contributed by atoms with Crippen molar-refractivity contribution in [1.82, 2.24) is 4.98 Å². The third-order valence-corrected chi connectivity index (χ3v) is 1.82. The summed E-state index contributed by atoms with van der Waals surface area (Å²) in [7, 11) is 0. The van der Waals surface area contributed by atoms with Gasteiger partial charge in [0.05, 0.1) is 5.56 Å². The first-order chi connectivity index (χ1) is 6.77. The molecule has 4 nitrogen and oxygen atoms in total. The second kappa shape index (κ2) is 3.33. The lowest BCUT2D eigenvalue weighted by atomic mass is 10.1. The minimum absolute atomic E-state index is 0.352. The lowest BCUT2D eigenvalue weighted by Crippen LogP contribution is -2.14. The van der Waals surface area contributed by atoms with Crippen LogP contribution in [0.3, 0.4) is 0 Å². The maximum absolute atomic E-state index is 11.3. The minimum atomic E-state index is -0.741. The van der Waals surface area contributed by atoms with E-state index in [1.807, 2.05) is 6.07 Å². The molecule has 0 aliphatic carbocycles. The van der Waals surface area contributed by atoms with Crippen molar-refractivity contribution in [2.24, 2.45) is 0 Å². The standard InChI is InChI=1S/C10H7NO3/c12-9-8(6-11-10(13)14-9)7-4-2-1-3-5-7/h1-6H,(H,11,13). The van der Waals surface area contributed by atoms with Crippen LogP contribution in [-0.2, 0) is 0 Å². The molecule has 14 heavy (non-hydrogen) atoms. The molecule has 0 aliphatic rings. The number of hydrogen-bond acceptors (Lipinski definition) is 3. The van der Waals surface area contributed by atoms with Gasteiger partial charge >= 0.3 is 11.4 Å². The van der Waals surface area contributed by atoms with Gasteiger partial charge in [0.2, 0.25) is 0 Å². The van der Waals surface area contributed by atoms with Crippen molar-refractivity contribution in [2.45, 2.75) is 0 Å². The van der Waals surface area contributed by atoms with E-state index in [-0.39, 0.29) is 0 Å². The maximum Gasteiger partial charge on any atom is 0.419 e. The van der Waals surface area contributed by atoms with E-state index in [1.165, 1.54) is 6.20 Å². The maximum atomic E-state index is 11.3. The highest BCUT2D eigenvalue weighted by molar-refractivity contribution is 5.60. The number of aromatic nitrogens is 1. The van der Waals surface area contributed by atoms with Gasteiger partial charge in [-0.05, 0) is 5.56 Å². The Morgan fingerprint density at radius 1 is 1.07 bits per heavy atom. The van der Waals surface area contributed by atoms with Crippen LogP contribution in [0.2, 0.25) is 0 Å². The Morgan fingerprint density at radius 2 is 1.79 bits per heavy atom. The molecule has 0 radical (unpaired) electrons. The van der Waals surface area contributed by atoms with Crippen LogP contribution in [-0.4, -0.2) is 4.98 Å². The molecule has 1 aromatic heterocycles. The van der Waals surface area contributed by atoms with Gasteiger partial charge in [-0.25, -0.2) is 9.59 Å². The molecule has 1 N–H and O–H groups in total. The summed E-state index contributed by atoms with van der Waals surface area (Å²) < 4.78 is 4.40. The number of nitrogens with one attached hydrogen (secondary N) is 1. The molecule has 2 aromatic rings. The van der Waals surface area contributed by atoms with E-state index in [0.717, 1.165) is 5.56 Å². The first-order valence-electron chi connectivity index (χ1n) is 4.05. The van der Waals surface area contributed by atoms with Gasteiger partial charge in [-0.3, -0.25) is 4.98 Å². The molecule has 0 spiro atoms. The molecule has 0 amide bonds. The largest absolute Gasteiger partial charge is 0.419 e. The Morgan fingerprint density at radius 3 is 2.43 bits per heavy atom. The summed E-state index contributed by atoms with van der Waals surface area (Å²) in [5.74, 6) is -0.741. The van der Waals surface area contributed by atoms with Crippen LogP contribution in [0.5, 0.6) is 0 Å². The summed E-state index contributed by atoms with van der Waals surface area (Å²) in [5, 5.41) is 0. The average molecular weight is 189 g/mol. The highest BCUT2D eigenvalue weighted by Gasteiger charge is 2.03. The zero-order valence-corrected chi connectivity index (χ0v) is 7.19. The van der Waals surface area contributed by atoms with Crippen molar-refractivity contribution in [3.8, 4) is 11.1 Å². The van der Waals surface area contributed by atoms with E-state index in [1.54, 1.807) is 24.3 Å². The molecule has 70 valence electrons. The van der Waals surface area contributed by atoms with Crippen molar-refractivity contribution in [2.75, 3.05) is 0 Å². The quantitative estimate of drug-likeness (QED) is 0.727. The molecule has 2 rings (SSSR count).